The maximum atomic E-state index is 12.0. The Hall–Kier alpha value is -2.97. The average Bonchev–Trinajstić information content (AvgIpc) is 2.62. The molecule has 26 heavy (non-hydrogen) atoms. The Labute approximate surface area is 150 Å². The van der Waals surface area contributed by atoms with Gasteiger partial charge in [0.2, 0.25) is 0 Å². The van der Waals surface area contributed by atoms with Crippen molar-refractivity contribution in [3.05, 3.63) is 39.4 Å². The number of hydrogen-bond acceptors (Lipinski definition) is 7. The summed E-state index contributed by atoms with van der Waals surface area (Å²) >= 11 is 0. The van der Waals surface area contributed by atoms with Crippen molar-refractivity contribution in [1.82, 2.24) is 5.32 Å². The molecule has 0 bridgehead atoms. The lowest BCUT2D eigenvalue weighted by atomic mass is 9.99. The van der Waals surface area contributed by atoms with Crippen molar-refractivity contribution < 1.29 is 28.8 Å². The highest BCUT2D eigenvalue weighted by molar-refractivity contribution is 5.92. The van der Waals surface area contributed by atoms with Crippen LogP contribution in [0.5, 0.6) is 0 Å². The molecule has 0 saturated heterocycles. The predicted octanol–water partition coefficient (Wildman–Crippen LogP) is 1.76. The SMILES string of the molecule is CC[C@@H](C)[C@H](NC(=O)COC(=O)c1ccc(C)c([N+](=O)[O-])c1)C(=O)OC. The van der Waals surface area contributed by atoms with Gasteiger partial charge in [0.15, 0.2) is 6.61 Å². The van der Waals surface area contributed by atoms with Crippen LogP contribution in [0.1, 0.15) is 36.2 Å². The molecule has 2 atom stereocenters. The van der Waals surface area contributed by atoms with Crippen LogP contribution in [-0.4, -0.2) is 42.5 Å². The Morgan fingerprint density at radius 2 is 1.96 bits per heavy atom. The summed E-state index contributed by atoms with van der Waals surface area (Å²) in [6.45, 7) is 4.56. The first kappa shape index (κ1) is 21.1. The van der Waals surface area contributed by atoms with Crippen LogP contribution in [0.25, 0.3) is 0 Å². The molecule has 1 amide bonds. The van der Waals surface area contributed by atoms with Crippen molar-refractivity contribution in [2.24, 2.45) is 5.92 Å². The van der Waals surface area contributed by atoms with Gasteiger partial charge in [-0.3, -0.25) is 14.9 Å². The van der Waals surface area contributed by atoms with Crippen LogP contribution in [0.3, 0.4) is 0 Å². The molecule has 0 aliphatic heterocycles. The summed E-state index contributed by atoms with van der Waals surface area (Å²) < 4.78 is 9.52. The Morgan fingerprint density at radius 3 is 2.50 bits per heavy atom. The molecule has 1 rings (SSSR count). The zero-order valence-corrected chi connectivity index (χ0v) is 15.1. The van der Waals surface area contributed by atoms with Crippen LogP contribution < -0.4 is 5.32 Å². The molecule has 0 unspecified atom stereocenters. The summed E-state index contributed by atoms with van der Waals surface area (Å²) in [7, 11) is 1.22. The number of aryl methyl sites for hydroxylation is 1. The molecule has 142 valence electrons. The number of carbonyl (C=O) groups excluding carboxylic acids is 3. The Morgan fingerprint density at radius 1 is 1.31 bits per heavy atom. The molecule has 0 radical (unpaired) electrons. The van der Waals surface area contributed by atoms with Crippen LogP contribution in [0.2, 0.25) is 0 Å². The Kier molecular flexibility index (Phi) is 7.70. The van der Waals surface area contributed by atoms with E-state index in [2.05, 4.69) is 10.1 Å². The number of amides is 1. The summed E-state index contributed by atoms with van der Waals surface area (Å²) in [4.78, 5) is 46.0. The van der Waals surface area contributed by atoms with Gasteiger partial charge in [-0.15, -0.1) is 0 Å². The van der Waals surface area contributed by atoms with Gasteiger partial charge in [-0.1, -0.05) is 26.3 Å². The standard InChI is InChI=1S/C17H22N2O7/c1-5-10(2)15(17(22)25-4)18-14(20)9-26-16(21)12-7-6-11(3)13(8-12)19(23)24/h6-8,10,15H,5,9H2,1-4H3,(H,18,20)/t10-,15+/m1/s1. The normalized spacial score (nSPS) is 12.6. The quantitative estimate of drug-likeness (QED) is 0.422. The molecule has 1 N–H and O–H groups in total. The number of nitro groups is 1. The third-order valence-electron chi connectivity index (χ3n) is 3.96. The molecular formula is C17H22N2O7. The van der Waals surface area contributed by atoms with Crippen molar-refractivity contribution in [1.29, 1.82) is 0 Å². The van der Waals surface area contributed by atoms with E-state index in [1.165, 1.54) is 19.2 Å². The van der Waals surface area contributed by atoms with Crippen molar-refractivity contribution in [3.8, 4) is 0 Å². The van der Waals surface area contributed by atoms with Crippen molar-refractivity contribution in [2.45, 2.75) is 33.2 Å². The number of nitrogens with zero attached hydrogens (tertiary/aromatic N) is 1. The molecule has 1 aromatic carbocycles. The number of rotatable bonds is 8. The van der Waals surface area contributed by atoms with E-state index in [0.29, 0.717) is 12.0 Å². The molecular weight excluding hydrogens is 344 g/mol. The first-order valence-electron chi connectivity index (χ1n) is 8.00. The lowest BCUT2D eigenvalue weighted by molar-refractivity contribution is -0.385. The predicted molar refractivity (Wildman–Crippen MR) is 91.5 cm³/mol. The lowest BCUT2D eigenvalue weighted by Crippen LogP contribution is -2.47. The summed E-state index contributed by atoms with van der Waals surface area (Å²) in [6, 6.07) is 3.03. The maximum absolute atomic E-state index is 12.0. The summed E-state index contributed by atoms with van der Waals surface area (Å²) in [5, 5.41) is 13.4. The van der Waals surface area contributed by atoms with Gasteiger partial charge in [-0.25, -0.2) is 9.59 Å². The fourth-order valence-electron chi connectivity index (χ4n) is 2.16. The van der Waals surface area contributed by atoms with Gasteiger partial charge in [0.1, 0.15) is 6.04 Å². The van der Waals surface area contributed by atoms with Crippen LogP contribution in [0.15, 0.2) is 18.2 Å². The molecule has 1 aromatic rings. The van der Waals surface area contributed by atoms with Crippen molar-refractivity contribution in [2.75, 3.05) is 13.7 Å². The van der Waals surface area contributed by atoms with Gasteiger partial charge in [0.05, 0.1) is 17.6 Å². The second-order valence-corrected chi connectivity index (χ2v) is 5.79. The molecule has 9 heteroatoms. The number of ether oxygens (including phenoxy) is 2. The molecule has 0 spiro atoms. The fourth-order valence-corrected chi connectivity index (χ4v) is 2.16. The number of esters is 2. The van der Waals surface area contributed by atoms with Crippen LogP contribution in [0, 0.1) is 23.0 Å². The van der Waals surface area contributed by atoms with Gasteiger partial charge in [-0.2, -0.15) is 0 Å². The van der Waals surface area contributed by atoms with Gasteiger partial charge in [0.25, 0.3) is 11.6 Å². The van der Waals surface area contributed by atoms with Gasteiger partial charge < -0.3 is 14.8 Å². The first-order chi connectivity index (χ1) is 12.2. The maximum Gasteiger partial charge on any atom is 0.338 e. The molecule has 0 saturated carbocycles. The highest BCUT2D eigenvalue weighted by Gasteiger charge is 2.27. The molecule has 0 heterocycles. The van der Waals surface area contributed by atoms with Gasteiger partial charge in [0, 0.05) is 11.6 Å². The smallest absolute Gasteiger partial charge is 0.338 e. The lowest BCUT2D eigenvalue weighted by Gasteiger charge is -2.21. The number of hydrogen-bond donors (Lipinski definition) is 1. The van der Waals surface area contributed by atoms with E-state index in [0.717, 1.165) is 6.07 Å². The van der Waals surface area contributed by atoms with Crippen LogP contribution in [0.4, 0.5) is 5.69 Å². The zero-order valence-electron chi connectivity index (χ0n) is 15.1. The van der Waals surface area contributed by atoms with E-state index in [1.54, 1.807) is 13.8 Å². The third-order valence-corrected chi connectivity index (χ3v) is 3.96. The minimum atomic E-state index is -0.874. The van der Waals surface area contributed by atoms with Crippen LogP contribution >= 0.6 is 0 Å². The molecule has 0 aliphatic carbocycles. The highest BCUT2D eigenvalue weighted by atomic mass is 16.6. The van der Waals surface area contributed by atoms with Crippen molar-refractivity contribution >= 4 is 23.5 Å². The zero-order chi connectivity index (χ0) is 19.9. The third kappa shape index (κ3) is 5.54. The first-order valence-corrected chi connectivity index (χ1v) is 8.00. The highest BCUT2D eigenvalue weighted by Crippen LogP contribution is 2.19. The monoisotopic (exact) mass is 366 g/mol. The number of nitrogens with one attached hydrogen (secondary N) is 1. The number of benzene rings is 1. The second-order valence-electron chi connectivity index (χ2n) is 5.79. The van der Waals surface area contributed by atoms with Crippen molar-refractivity contribution in [3.63, 3.8) is 0 Å². The summed E-state index contributed by atoms with van der Waals surface area (Å²) in [6.07, 6.45) is 0.632. The van der Waals surface area contributed by atoms with Gasteiger partial charge in [-0.05, 0) is 18.9 Å². The molecule has 0 aromatic heterocycles. The molecule has 9 nitrogen and oxygen atoms in total. The molecule has 0 aliphatic rings. The summed E-state index contributed by atoms with van der Waals surface area (Å²) in [5.74, 6) is -2.30. The number of methoxy groups -OCH3 is 1. The Balaban J connectivity index is 2.72. The number of carbonyl (C=O) groups is 3. The van der Waals surface area contributed by atoms with E-state index >= 15 is 0 Å². The van der Waals surface area contributed by atoms with Gasteiger partial charge >= 0.3 is 11.9 Å². The number of nitro benzene ring substituents is 1. The minimum Gasteiger partial charge on any atom is -0.467 e. The summed E-state index contributed by atoms with van der Waals surface area (Å²) in [5.41, 5.74) is 0.145. The van der Waals surface area contributed by atoms with E-state index in [4.69, 9.17) is 4.74 Å². The largest absolute Gasteiger partial charge is 0.467 e. The molecule has 0 fully saturated rings. The van der Waals surface area contributed by atoms with Crippen LogP contribution in [-0.2, 0) is 19.1 Å². The fraction of sp³-hybridized carbons (Fsp3) is 0.471. The Bertz CT molecular complexity index is 702. The second kappa shape index (κ2) is 9.50. The topological polar surface area (TPSA) is 125 Å². The van der Waals surface area contributed by atoms with E-state index in [-0.39, 0.29) is 17.2 Å². The minimum absolute atomic E-state index is 0.0402. The van der Waals surface area contributed by atoms with E-state index in [1.807, 2.05) is 6.92 Å². The van der Waals surface area contributed by atoms with E-state index in [9.17, 15) is 24.5 Å². The average molecular weight is 366 g/mol. The van der Waals surface area contributed by atoms with E-state index < -0.39 is 35.4 Å².